The Morgan fingerprint density at radius 3 is 2.64 bits per heavy atom. The van der Waals surface area contributed by atoms with E-state index < -0.39 is 0 Å². The van der Waals surface area contributed by atoms with E-state index in [4.69, 9.17) is 0 Å². The smallest absolute Gasteiger partial charge is 0.252 e. The van der Waals surface area contributed by atoms with Crippen LogP contribution in [0.25, 0.3) is 0 Å². The van der Waals surface area contributed by atoms with Crippen LogP contribution in [0.3, 0.4) is 0 Å². The van der Waals surface area contributed by atoms with Crippen LogP contribution < -0.4 is 16.2 Å². The maximum absolute atomic E-state index is 12.4. The van der Waals surface area contributed by atoms with Gasteiger partial charge in [0.2, 0.25) is 5.91 Å². The Bertz CT molecular complexity index is 924. The Labute approximate surface area is 163 Å². The van der Waals surface area contributed by atoms with Gasteiger partial charge in [0.1, 0.15) is 6.54 Å². The molecule has 0 bridgehead atoms. The SMILES string of the molecule is Cc1c([C@H](C)NC(=O)Cn2cc(C(=O)NC3CCCC3)ccc2=O)cnn1C. The molecule has 8 nitrogen and oxygen atoms in total. The Hall–Kier alpha value is -2.90. The number of hydrogen-bond donors (Lipinski definition) is 2. The van der Waals surface area contributed by atoms with E-state index in [9.17, 15) is 14.4 Å². The van der Waals surface area contributed by atoms with Gasteiger partial charge in [-0.15, -0.1) is 0 Å². The summed E-state index contributed by atoms with van der Waals surface area (Å²) >= 11 is 0. The number of aryl methyl sites for hydroxylation is 1. The van der Waals surface area contributed by atoms with Crippen LogP contribution >= 0.6 is 0 Å². The summed E-state index contributed by atoms with van der Waals surface area (Å²) in [6.07, 6.45) is 7.39. The van der Waals surface area contributed by atoms with Gasteiger partial charge in [-0.2, -0.15) is 5.10 Å². The van der Waals surface area contributed by atoms with Crippen LogP contribution in [0.2, 0.25) is 0 Å². The highest BCUT2D eigenvalue weighted by Crippen LogP contribution is 2.18. The van der Waals surface area contributed by atoms with E-state index in [1.165, 1.54) is 22.9 Å². The summed E-state index contributed by atoms with van der Waals surface area (Å²) in [6, 6.07) is 2.79. The zero-order chi connectivity index (χ0) is 20.3. The van der Waals surface area contributed by atoms with Gasteiger partial charge in [-0.1, -0.05) is 12.8 Å². The topological polar surface area (TPSA) is 98.0 Å². The molecule has 3 rings (SSSR count). The molecule has 1 fully saturated rings. The van der Waals surface area contributed by atoms with Crippen LogP contribution in [0.4, 0.5) is 0 Å². The lowest BCUT2D eigenvalue weighted by molar-refractivity contribution is -0.122. The second-order valence-corrected chi connectivity index (χ2v) is 7.44. The molecule has 0 spiro atoms. The lowest BCUT2D eigenvalue weighted by Gasteiger charge is -2.15. The summed E-state index contributed by atoms with van der Waals surface area (Å²) < 4.78 is 3.01. The lowest BCUT2D eigenvalue weighted by Crippen LogP contribution is -2.36. The van der Waals surface area contributed by atoms with E-state index in [2.05, 4.69) is 15.7 Å². The molecule has 2 heterocycles. The molecule has 0 unspecified atom stereocenters. The van der Waals surface area contributed by atoms with E-state index in [-0.39, 0.29) is 36.0 Å². The molecule has 1 atom stereocenters. The van der Waals surface area contributed by atoms with Gasteiger partial charge in [0, 0.05) is 36.6 Å². The van der Waals surface area contributed by atoms with Gasteiger partial charge in [0.05, 0.1) is 17.8 Å². The molecular formula is C20H27N5O3. The van der Waals surface area contributed by atoms with E-state index in [1.807, 2.05) is 20.9 Å². The van der Waals surface area contributed by atoms with Crippen molar-refractivity contribution >= 4 is 11.8 Å². The molecule has 0 radical (unpaired) electrons. The van der Waals surface area contributed by atoms with Crippen molar-refractivity contribution in [1.29, 1.82) is 0 Å². The van der Waals surface area contributed by atoms with E-state index in [1.54, 1.807) is 10.9 Å². The van der Waals surface area contributed by atoms with Crippen molar-refractivity contribution in [2.45, 2.75) is 58.2 Å². The summed E-state index contributed by atoms with van der Waals surface area (Å²) in [4.78, 5) is 37.0. The zero-order valence-electron chi connectivity index (χ0n) is 16.6. The molecule has 2 aromatic rings. The fraction of sp³-hybridized carbons (Fsp3) is 0.500. The largest absolute Gasteiger partial charge is 0.349 e. The molecule has 8 heteroatoms. The minimum atomic E-state index is -0.322. The fourth-order valence-electron chi connectivity index (χ4n) is 3.59. The third kappa shape index (κ3) is 4.49. The zero-order valence-corrected chi connectivity index (χ0v) is 16.6. The number of carbonyl (C=O) groups is 2. The first-order chi connectivity index (χ1) is 13.3. The van der Waals surface area contributed by atoms with Crippen molar-refractivity contribution in [2.75, 3.05) is 0 Å². The van der Waals surface area contributed by atoms with Gasteiger partial charge < -0.3 is 15.2 Å². The number of pyridine rings is 1. The first kappa shape index (κ1) is 19.9. The molecular weight excluding hydrogens is 358 g/mol. The highest BCUT2D eigenvalue weighted by molar-refractivity contribution is 5.94. The molecule has 2 amide bonds. The predicted octanol–water partition coefficient (Wildman–Crippen LogP) is 1.44. The monoisotopic (exact) mass is 385 g/mol. The maximum atomic E-state index is 12.4. The molecule has 1 saturated carbocycles. The average molecular weight is 385 g/mol. The van der Waals surface area contributed by atoms with E-state index >= 15 is 0 Å². The normalized spacial score (nSPS) is 15.4. The summed E-state index contributed by atoms with van der Waals surface area (Å²) in [7, 11) is 1.84. The second-order valence-electron chi connectivity index (χ2n) is 7.44. The van der Waals surface area contributed by atoms with Gasteiger partial charge in [-0.25, -0.2) is 0 Å². The van der Waals surface area contributed by atoms with Crippen LogP contribution in [-0.2, 0) is 18.4 Å². The number of carbonyl (C=O) groups excluding carboxylic acids is 2. The summed E-state index contributed by atoms with van der Waals surface area (Å²) in [5.41, 5.74) is 1.96. The van der Waals surface area contributed by atoms with Gasteiger partial charge >= 0.3 is 0 Å². The number of rotatable bonds is 6. The molecule has 0 aliphatic heterocycles. The lowest BCUT2D eigenvalue weighted by atomic mass is 10.1. The number of amides is 2. The first-order valence-corrected chi connectivity index (χ1v) is 9.64. The van der Waals surface area contributed by atoms with E-state index in [0.29, 0.717) is 5.56 Å². The molecule has 1 aliphatic rings. The number of aromatic nitrogens is 3. The molecule has 28 heavy (non-hydrogen) atoms. The van der Waals surface area contributed by atoms with Gasteiger partial charge in [0.15, 0.2) is 0 Å². The quantitative estimate of drug-likeness (QED) is 0.786. The molecule has 1 aliphatic carbocycles. The number of hydrogen-bond acceptors (Lipinski definition) is 4. The Balaban J connectivity index is 1.65. The van der Waals surface area contributed by atoms with Crippen molar-refractivity contribution in [2.24, 2.45) is 7.05 Å². The number of nitrogens with one attached hydrogen (secondary N) is 2. The van der Waals surface area contributed by atoms with Gasteiger partial charge in [0.25, 0.3) is 11.5 Å². The third-order valence-corrected chi connectivity index (χ3v) is 5.37. The van der Waals surface area contributed by atoms with Crippen molar-refractivity contribution in [3.8, 4) is 0 Å². The predicted molar refractivity (Wildman–Crippen MR) is 105 cm³/mol. The van der Waals surface area contributed by atoms with E-state index in [0.717, 1.165) is 36.9 Å². The Morgan fingerprint density at radius 2 is 2.00 bits per heavy atom. The van der Waals surface area contributed by atoms with Crippen LogP contribution in [0, 0.1) is 6.92 Å². The Kier molecular flexibility index (Phi) is 5.96. The second kappa shape index (κ2) is 8.41. The van der Waals surface area contributed by atoms with Gasteiger partial charge in [-0.3, -0.25) is 19.1 Å². The molecule has 0 aromatic carbocycles. The minimum Gasteiger partial charge on any atom is -0.349 e. The standard InChI is InChI=1S/C20H27N5O3/c1-13(17-10-21-24(3)14(17)2)22-18(26)12-25-11-15(8-9-19(25)27)20(28)23-16-6-4-5-7-16/h8-11,13,16H,4-7,12H2,1-3H3,(H,22,26)(H,23,28)/t13-/m0/s1. The number of nitrogens with zero attached hydrogens (tertiary/aromatic N) is 3. The summed E-state index contributed by atoms with van der Waals surface area (Å²) in [6.45, 7) is 3.66. The average Bonchev–Trinajstić information content (AvgIpc) is 3.27. The third-order valence-electron chi connectivity index (χ3n) is 5.37. The summed E-state index contributed by atoms with van der Waals surface area (Å²) in [5.74, 6) is -0.508. The van der Waals surface area contributed by atoms with Crippen molar-refractivity contribution in [3.63, 3.8) is 0 Å². The molecule has 0 saturated heterocycles. The molecule has 2 aromatic heterocycles. The highest BCUT2D eigenvalue weighted by Gasteiger charge is 2.19. The first-order valence-electron chi connectivity index (χ1n) is 9.64. The minimum absolute atomic E-state index is 0.146. The van der Waals surface area contributed by atoms with Gasteiger partial charge in [-0.05, 0) is 32.8 Å². The molecule has 2 N–H and O–H groups in total. The van der Waals surface area contributed by atoms with Crippen LogP contribution in [-0.4, -0.2) is 32.2 Å². The molecule has 150 valence electrons. The maximum Gasteiger partial charge on any atom is 0.252 e. The van der Waals surface area contributed by atoms with Crippen LogP contribution in [0.1, 0.15) is 60.3 Å². The Morgan fingerprint density at radius 1 is 1.29 bits per heavy atom. The fourth-order valence-corrected chi connectivity index (χ4v) is 3.59. The van der Waals surface area contributed by atoms with Crippen molar-refractivity contribution in [3.05, 3.63) is 51.7 Å². The van der Waals surface area contributed by atoms with Crippen LogP contribution in [0.5, 0.6) is 0 Å². The van der Waals surface area contributed by atoms with Crippen molar-refractivity contribution in [1.82, 2.24) is 25.0 Å². The van der Waals surface area contributed by atoms with Crippen LogP contribution in [0.15, 0.2) is 29.3 Å². The van der Waals surface area contributed by atoms with Crippen molar-refractivity contribution < 1.29 is 9.59 Å². The summed E-state index contributed by atoms with van der Waals surface area (Å²) in [5, 5.41) is 10.1. The highest BCUT2D eigenvalue weighted by atomic mass is 16.2.